The third kappa shape index (κ3) is 3.44. The Morgan fingerprint density at radius 3 is 2.36 bits per heavy atom. The van der Waals surface area contributed by atoms with Crippen LogP contribution in [0.5, 0.6) is 0 Å². The zero-order valence-corrected chi connectivity index (χ0v) is 12.2. The molecule has 0 aliphatic rings. The fourth-order valence-corrected chi connectivity index (χ4v) is 2.21. The van der Waals surface area contributed by atoms with Crippen molar-refractivity contribution in [1.82, 2.24) is 9.55 Å². The summed E-state index contributed by atoms with van der Waals surface area (Å²) in [4.78, 5) is 26.5. The van der Waals surface area contributed by atoms with E-state index in [2.05, 4.69) is 10.3 Å². The number of aliphatic hydroxyl groups is 2. The van der Waals surface area contributed by atoms with Crippen LogP contribution in [0.3, 0.4) is 0 Å². The summed E-state index contributed by atoms with van der Waals surface area (Å²) >= 11 is 0. The van der Waals surface area contributed by atoms with E-state index < -0.39 is 30.5 Å². The Morgan fingerprint density at radius 2 is 1.82 bits per heavy atom. The number of aliphatic hydroxyl groups excluding tert-OH is 2. The molecule has 0 bridgehead atoms. The van der Waals surface area contributed by atoms with Crippen molar-refractivity contribution in [3.05, 3.63) is 62.8 Å². The van der Waals surface area contributed by atoms with Gasteiger partial charge in [-0.05, 0) is 12.5 Å². The second-order valence-electron chi connectivity index (χ2n) is 4.99. The van der Waals surface area contributed by atoms with Gasteiger partial charge < -0.3 is 15.5 Å². The predicted octanol–water partition coefficient (Wildman–Crippen LogP) is 0.235. The minimum atomic E-state index is -0.947. The predicted molar refractivity (Wildman–Crippen MR) is 83.0 cm³/mol. The summed E-state index contributed by atoms with van der Waals surface area (Å²) in [5.74, 6) is 0.289. The second kappa shape index (κ2) is 7.06. The van der Waals surface area contributed by atoms with E-state index >= 15 is 0 Å². The Hall–Kier alpha value is -2.38. The van der Waals surface area contributed by atoms with Crippen LogP contribution in [0.1, 0.15) is 24.6 Å². The van der Waals surface area contributed by atoms with E-state index in [1.54, 1.807) is 0 Å². The maximum absolute atomic E-state index is 12.0. The lowest BCUT2D eigenvalue weighted by molar-refractivity contribution is 0.149. The van der Waals surface area contributed by atoms with Crippen molar-refractivity contribution in [3.63, 3.8) is 0 Å². The van der Waals surface area contributed by atoms with E-state index in [9.17, 15) is 9.59 Å². The summed E-state index contributed by atoms with van der Waals surface area (Å²) in [7, 11) is 0. The van der Waals surface area contributed by atoms with E-state index in [1.807, 2.05) is 37.3 Å². The summed E-state index contributed by atoms with van der Waals surface area (Å²) in [5, 5.41) is 21.3. The molecular formula is C15H19N3O4. The normalized spacial score (nSPS) is 12.4. The van der Waals surface area contributed by atoms with Gasteiger partial charge in [-0.25, -0.2) is 4.79 Å². The minimum absolute atomic E-state index is 0.0985. The lowest BCUT2D eigenvalue weighted by Crippen LogP contribution is -2.40. The molecular weight excluding hydrogens is 286 g/mol. The largest absolute Gasteiger partial charge is 0.394 e. The van der Waals surface area contributed by atoms with Gasteiger partial charge in [-0.1, -0.05) is 30.3 Å². The quantitative estimate of drug-likeness (QED) is 0.611. The zero-order valence-electron chi connectivity index (χ0n) is 12.2. The minimum Gasteiger partial charge on any atom is -0.394 e. The SMILES string of the molecule is C[C@H](Nc1cc(=O)n(C(CO)CO)c(=O)[nH]1)c1ccccc1. The van der Waals surface area contributed by atoms with Crippen LogP contribution in [0.4, 0.5) is 5.82 Å². The first-order valence-electron chi connectivity index (χ1n) is 6.96. The van der Waals surface area contributed by atoms with Gasteiger partial charge in [0.1, 0.15) is 5.82 Å². The van der Waals surface area contributed by atoms with E-state index in [-0.39, 0.29) is 11.9 Å². The Kier molecular flexibility index (Phi) is 5.13. The molecule has 2 rings (SSSR count). The van der Waals surface area contributed by atoms with Crippen LogP contribution in [-0.2, 0) is 0 Å². The summed E-state index contributed by atoms with van der Waals surface area (Å²) in [6.07, 6.45) is 0. The van der Waals surface area contributed by atoms with Gasteiger partial charge in [0.25, 0.3) is 5.56 Å². The molecule has 0 amide bonds. The molecule has 7 nitrogen and oxygen atoms in total. The molecule has 0 radical (unpaired) electrons. The van der Waals surface area contributed by atoms with Crippen LogP contribution < -0.4 is 16.6 Å². The molecule has 0 saturated heterocycles. The zero-order chi connectivity index (χ0) is 16.1. The first-order chi connectivity index (χ1) is 10.6. The average molecular weight is 305 g/mol. The molecule has 0 unspecified atom stereocenters. The Labute approximate surface area is 126 Å². The average Bonchev–Trinajstić information content (AvgIpc) is 2.51. The molecule has 1 atom stereocenters. The van der Waals surface area contributed by atoms with E-state index in [1.165, 1.54) is 6.07 Å². The van der Waals surface area contributed by atoms with Gasteiger partial charge in [0, 0.05) is 12.1 Å². The highest BCUT2D eigenvalue weighted by Crippen LogP contribution is 2.15. The van der Waals surface area contributed by atoms with Gasteiger partial charge in [0.15, 0.2) is 0 Å². The topological polar surface area (TPSA) is 107 Å². The Morgan fingerprint density at radius 1 is 1.18 bits per heavy atom. The first-order valence-corrected chi connectivity index (χ1v) is 6.96. The number of hydrogen-bond donors (Lipinski definition) is 4. The monoisotopic (exact) mass is 305 g/mol. The highest BCUT2D eigenvalue weighted by atomic mass is 16.3. The molecule has 0 saturated carbocycles. The number of benzene rings is 1. The number of H-pyrrole nitrogens is 1. The third-order valence-electron chi connectivity index (χ3n) is 3.42. The molecule has 22 heavy (non-hydrogen) atoms. The van der Waals surface area contributed by atoms with Crippen LogP contribution in [0.15, 0.2) is 46.0 Å². The van der Waals surface area contributed by atoms with Crippen molar-refractivity contribution < 1.29 is 10.2 Å². The fraction of sp³-hybridized carbons (Fsp3) is 0.333. The van der Waals surface area contributed by atoms with E-state index in [0.29, 0.717) is 0 Å². The number of hydrogen-bond acceptors (Lipinski definition) is 5. The third-order valence-corrected chi connectivity index (χ3v) is 3.42. The maximum atomic E-state index is 12.0. The number of nitrogens with one attached hydrogen (secondary N) is 2. The molecule has 0 spiro atoms. The Balaban J connectivity index is 2.28. The second-order valence-corrected chi connectivity index (χ2v) is 4.99. The van der Waals surface area contributed by atoms with Gasteiger partial charge in [0.05, 0.1) is 19.3 Å². The molecule has 4 N–H and O–H groups in total. The smallest absolute Gasteiger partial charge is 0.330 e. The molecule has 0 aliphatic carbocycles. The number of aromatic amines is 1. The first kappa shape index (κ1) is 16.0. The number of rotatable bonds is 6. The maximum Gasteiger partial charge on any atom is 0.330 e. The molecule has 7 heteroatoms. The van der Waals surface area contributed by atoms with E-state index in [4.69, 9.17) is 10.2 Å². The van der Waals surface area contributed by atoms with Gasteiger partial charge >= 0.3 is 5.69 Å². The highest BCUT2D eigenvalue weighted by molar-refractivity contribution is 5.36. The molecule has 1 aromatic heterocycles. The van der Waals surface area contributed by atoms with E-state index in [0.717, 1.165) is 10.1 Å². The summed E-state index contributed by atoms with van der Waals surface area (Å²) in [6.45, 7) is 0.919. The number of anilines is 1. The van der Waals surface area contributed by atoms with Gasteiger partial charge in [-0.3, -0.25) is 14.3 Å². The highest BCUT2D eigenvalue weighted by Gasteiger charge is 2.15. The molecule has 0 fully saturated rings. The van der Waals surface area contributed by atoms with Crippen LogP contribution in [-0.4, -0.2) is 33.0 Å². The van der Waals surface area contributed by atoms with Crippen LogP contribution in [0, 0.1) is 0 Å². The van der Waals surface area contributed by atoms with Gasteiger partial charge in [-0.2, -0.15) is 0 Å². The van der Waals surface area contributed by atoms with Crippen molar-refractivity contribution in [2.45, 2.75) is 19.0 Å². The molecule has 118 valence electrons. The molecule has 1 aromatic carbocycles. The van der Waals surface area contributed by atoms with Crippen LogP contribution >= 0.6 is 0 Å². The van der Waals surface area contributed by atoms with Crippen LogP contribution in [0.2, 0.25) is 0 Å². The van der Waals surface area contributed by atoms with Crippen molar-refractivity contribution in [3.8, 4) is 0 Å². The Bertz CT molecular complexity index is 688. The van der Waals surface area contributed by atoms with Crippen LogP contribution in [0.25, 0.3) is 0 Å². The summed E-state index contributed by atoms with van der Waals surface area (Å²) < 4.78 is 0.804. The van der Waals surface area contributed by atoms with Gasteiger partial charge in [0.2, 0.25) is 0 Å². The lowest BCUT2D eigenvalue weighted by Gasteiger charge is -2.17. The molecule has 1 heterocycles. The van der Waals surface area contributed by atoms with Crippen molar-refractivity contribution >= 4 is 5.82 Å². The molecule has 2 aromatic rings. The standard InChI is InChI=1S/C15H19N3O4/c1-10(11-5-3-2-4-6-11)16-13-7-14(21)18(15(22)17-13)12(8-19)9-20/h2-7,10,12,16,19-20H,8-9H2,1H3,(H,17,22)/t10-/m0/s1. The lowest BCUT2D eigenvalue weighted by atomic mass is 10.1. The number of aromatic nitrogens is 2. The summed E-state index contributed by atoms with van der Waals surface area (Å²) in [6, 6.07) is 9.77. The van der Waals surface area contributed by atoms with Crippen molar-refractivity contribution in [2.24, 2.45) is 0 Å². The number of nitrogens with zero attached hydrogens (tertiary/aromatic N) is 1. The summed E-state index contributed by atoms with van der Waals surface area (Å²) in [5.41, 5.74) is -0.251. The fourth-order valence-electron chi connectivity index (χ4n) is 2.21. The molecule has 0 aliphatic heterocycles. The van der Waals surface area contributed by atoms with Crippen molar-refractivity contribution in [1.29, 1.82) is 0 Å². The van der Waals surface area contributed by atoms with Crippen molar-refractivity contribution in [2.75, 3.05) is 18.5 Å². The van der Waals surface area contributed by atoms with Gasteiger partial charge in [-0.15, -0.1) is 0 Å².